The molecule has 0 spiro atoms. The first-order valence-electron chi connectivity index (χ1n) is 11.2. The predicted molar refractivity (Wildman–Crippen MR) is 134 cm³/mol. The van der Waals surface area contributed by atoms with Crippen LogP contribution < -0.4 is 9.64 Å². The molecule has 0 N–H and O–H groups in total. The van der Waals surface area contributed by atoms with Crippen LogP contribution in [0.2, 0.25) is 5.02 Å². The van der Waals surface area contributed by atoms with Gasteiger partial charge in [-0.2, -0.15) is 4.31 Å². The first-order chi connectivity index (χ1) is 16.3. The van der Waals surface area contributed by atoms with Gasteiger partial charge in [-0.3, -0.25) is 4.79 Å². The van der Waals surface area contributed by atoms with Crippen molar-refractivity contribution in [2.24, 2.45) is 0 Å². The minimum Gasteiger partial charge on any atom is -0.492 e. The number of anilines is 1. The van der Waals surface area contributed by atoms with E-state index in [0.29, 0.717) is 12.4 Å². The van der Waals surface area contributed by atoms with Gasteiger partial charge in [0.1, 0.15) is 5.75 Å². The minimum atomic E-state index is -4.03. The van der Waals surface area contributed by atoms with Gasteiger partial charge in [-0.15, -0.1) is 0 Å². The van der Waals surface area contributed by atoms with Crippen LogP contribution in [0.5, 0.6) is 5.75 Å². The molecule has 0 bridgehead atoms. The van der Waals surface area contributed by atoms with Gasteiger partial charge in [0.2, 0.25) is 15.9 Å². The second-order valence-corrected chi connectivity index (χ2v) is 10.6. The molecule has 1 atom stereocenters. The van der Waals surface area contributed by atoms with Crippen LogP contribution in [0.4, 0.5) is 5.69 Å². The van der Waals surface area contributed by atoms with Gasteiger partial charge < -0.3 is 9.64 Å². The second-order valence-electron chi connectivity index (χ2n) is 8.23. The highest BCUT2D eigenvalue weighted by Crippen LogP contribution is 2.33. The van der Waals surface area contributed by atoms with E-state index in [-0.39, 0.29) is 35.0 Å². The number of ether oxygens (including phenoxy) is 1. The minimum absolute atomic E-state index is 0.0135. The highest BCUT2D eigenvalue weighted by Gasteiger charge is 2.34. The van der Waals surface area contributed by atoms with Crippen LogP contribution in [-0.2, 0) is 27.8 Å². The Morgan fingerprint density at radius 1 is 1.09 bits per heavy atom. The van der Waals surface area contributed by atoms with E-state index >= 15 is 0 Å². The number of carbonyl (C=O) groups excluding carboxylic acids is 1. The Balaban J connectivity index is 1.67. The third kappa shape index (κ3) is 4.97. The number of hydrogen-bond donors (Lipinski definition) is 0. The van der Waals surface area contributed by atoms with Gasteiger partial charge in [0.05, 0.1) is 23.1 Å². The van der Waals surface area contributed by atoms with E-state index in [0.717, 1.165) is 23.2 Å². The zero-order valence-electron chi connectivity index (χ0n) is 19.1. The van der Waals surface area contributed by atoms with Gasteiger partial charge in [-0.25, -0.2) is 8.42 Å². The Morgan fingerprint density at radius 3 is 2.50 bits per heavy atom. The number of benzene rings is 3. The average molecular weight is 499 g/mol. The third-order valence-electron chi connectivity index (χ3n) is 5.83. The molecule has 8 heteroatoms. The van der Waals surface area contributed by atoms with Crippen molar-refractivity contribution < 1.29 is 17.9 Å². The van der Waals surface area contributed by atoms with E-state index in [4.69, 9.17) is 16.3 Å². The molecule has 6 nitrogen and oxygen atoms in total. The van der Waals surface area contributed by atoms with Crippen molar-refractivity contribution in [3.05, 3.63) is 88.9 Å². The SMILES string of the molecule is CCOc1ccc(S(=O)(=O)N(CC(=O)N2c3ccccc3C[C@@H]2C)Cc2ccccc2)cc1Cl. The molecule has 0 saturated carbocycles. The molecule has 0 fully saturated rings. The lowest BCUT2D eigenvalue weighted by Crippen LogP contribution is -2.44. The zero-order valence-corrected chi connectivity index (χ0v) is 20.7. The number of rotatable bonds is 8. The Hall–Kier alpha value is -2.87. The van der Waals surface area contributed by atoms with Crippen molar-refractivity contribution in [1.82, 2.24) is 4.31 Å². The second kappa shape index (κ2) is 10.2. The van der Waals surface area contributed by atoms with E-state index < -0.39 is 10.0 Å². The Kier molecular flexibility index (Phi) is 7.26. The molecule has 3 aromatic rings. The number of nitrogens with zero attached hydrogens (tertiary/aromatic N) is 2. The number of para-hydroxylation sites is 1. The summed E-state index contributed by atoms with van der Waals surface area (Å²) in [4.78, 5) is 15.2. The number of carbonyl (C=O) groups is 1. The lowest BCUT2D eigenvalue weighted by atomic mass is 10.1. The molecular weight excluding hydrogens is 472 g/mol. The van der Waals surface area contributed by atoms with Crippen LogP contribution in [0.15, 0.2) is 77.7 Å². The van der Waals surface area contributed by atoms with Crippen molar-refractivity contribution in [1.29, 1.82) is 0 Å². The van der Waals surface area contributed by atoms with Gasteiger partial charge in [-0.1, -0.05) is 60.1 Å². The molecule has 34 heavy (non-hydrogen) atoms. The molecule has 1 amide bonds. The first-order valence-corrected chi connectivity index (χ1v) is 13.0. The van der Waals surface area contributed by atoms with Crippen LogP contribution in [0.3, 0.4) is 0 Å². The number of sulfonamides is 1. The summed E-state index contributed by atoms with van der Waals surface area (Å²) in [6.45, 7) is 3.98. The van der Waals surface area contributed by atoms with Crippen LogP contribution in [0, 0.1) is 0 Å². The number of fused-ring (bicyclic) bond motifs is 1. The summed E-state index contributed by atoms with van der Waals surface area (Å²) in [5.74, 6) is 0.144. The third-order valence-corrected chi connectivity index (χ3v) is 7.91. The average Bonchev–Trinajstić information content (AvgIpc) is 3.16. The monoisotopic (exact) mass is 498 g/mol. The van der Waals surface area contributed by atoms with E-state index in [1.807, 2.05) is 68.4 Å². The summed E-state index contributed by atoms with van der Waals surface area (Å²) in [5, 5.41) is 0.205. The summed E-state index contributed by atoms with van der Waals surface area (Å²) in [6, 6.07) is 21.3. The molecule has 1 aliphatic heterocycles. The molecule has 0 unspecified atom stereocenters. The standard InChI is InChI=1S/C26H27ClN2O4S/c1-3-33-25-14-13-22(16-23(25)27)34(31,32)28(17-20-9-5-4-6-10-20)18-26(30)29-19(2)15-21-11-7-8-12-24(21)29/h4-14,16,19H,3,15,17-18H2,1-2H3/t19-/m0/s1. The fraction of sp³-hybridized carbons (Fsp3) is 0.269. The van der Waals surface area contributed by atoms with Crippen molar-refractivity contribution >= 4 is 33.2 Å². The van der Waals surface area contributed by atoms with Gasteiger partial charge in [0, 0.05) is 18.3 Å². The van der Waals surface area contributed by atoms with E-state index in [2.05, 4.69) is 0 Å². The van der Waals surface area contributed by atoms with Crippen LogP contribution in [-0.4, -0.2) is 37.8 Å². The van der Waals surface area contributed by atoms with Crippen molar-refractivity contribution in [3.63, 3.8) is 0 Å². The summed E-state index contributed by atoms with van der Waals surface area (Å²) in [5.41, 5.74) is 2.70. The topological polar surface area (TPSA) is 66.9 Å². The Bertz CT molecular complexity index is 1280. The molecule has 1 aliphatic rings. The number of halogens is 1. The Labute approximate surface area is 205 Å². The van der Waals surface area contributed by atoms with E-state index in [1.165, 1.54) is 16.4 Å². The first kappa shape index (κ1) is 24.3. The summed E-state index contributed by atoms with van der Waals surface area (Å²) < 4.78 is 34.0. The van der Waals surface area contributed by atoms with Crippen molar-refractivity contribution in [2.45, 2.75) is 37.8 Å². The van der Waals surface area contributed by atoms with Crippen molar-refractivity contribution in [2.75, 3.05) is 18.1 Å². The maximum Gasteiger partial charge on any atom is 0.243 e. The Morgan fingerprint density at radius 2 is 1.79 bits per heavy atom. The molecule has 3 aromatic carbocycles. The lowest BCUT2D eigenvalue weighted by molar-refractivity contribution is -0.119. The number of hydrogen-bond acceptors (Lipinski definition) is 4. The normalized spacial score (nSPS) is 15.4. The van der Waals surface area contributed by atoms with Gasteiger partial charge in [-0.05, 0) is 55.7 Å². The largest absolute Gasteiger partial charge is 0.492 e. The van der Waals surface area contributed by atoms with Gasteiger partial charge in [0.15, 0.2) is 0 Å². The van der Waals surface area contributed by atoms with Gasteiger partial charge >= 0.3 is 0 Å². The van der Waals surface area contributed by atoms with E-state index in [9.17, 15) is 13.2 Å². The van der Waals surface area contributed by atoms with E-state index in [1.54, 1.807) is 11.0 Å². The predicted octanol–water partition coefficient (Wildman–Crippen LogP) is 4.91. The highest BCUT2D eigenvalue weighted by molar-refractivity contribution is 7.89. The molecule has 0 saturated heterocycles. The number of amides is 1. The molecule has 4 rings (SSSR count). The molecule has 0 aliphatic carbocycles. The zero-order chi connectivity index (χ0) is 24.3. The highest BCUT2D eigenvalue weighted by atomic mass is 35.5. The quantitative estimate of drug-likeness (QED) is 0.442. The van der Waals surface area contributed by atoms with Gasteiger partial charge in [0.25, 0.3) is 0 Å². The molecule has 0 radical (unpaired) electrons. The maximum atomic E-state index is 13.7. The van der Waals surface area contributed by atoms with Crippen LogP contribution in [0.1, 0.15) is 25.0 Å². The lowest BCUT2D eigenvalue weighted by Gasteiger charge is -2.27. The summed E-state index contributed by atoms with van der Waals surface area (Å²) in [7, 11) is -4.03. The fourth-order valence-electron chi connectivity index (χ4n) is 4.25. The fourth-order valence-corrected chi connectivity index (χ4v) is 5.95. The van der Waals surface area contributed by atoms with Crippen LogP contribution >= 0.6 is 11.6 Å². The maximum absolute atomic E-state index is 13.7. The summed E-state index contributed by atoms with van der Waals surface area (Å²) in [6.07, 6.45) is 0.738. The smallest absolute Gasteiger partial charge is 0.243 e. The summed E-state index contributed by atoms with van der Waals surface area (Å²) >= 11 is 6.28. The molecule has 1 heterocycles. The van der Waals surface area contributed by atoms with Crippen LogP contribution in [0.25, 0.3) is 0 Å². The van der Waals surface area contributed by atoms with Crippen molar-refractivity contribution in [3.8, 4) is 5.75 Å². The molecular formula is C26H27ClN2O4S. The molecule has 178 valence electrons. The molecule has 0 aromatic heterocycles.